The Morgan fingerprint density at radius 1 is 1.05 bits per heavy atom. The van der Waals surface area contributed by atoms with E-state index in [1.54, 1.807) is 0 Å². The Morgan fingerprint density at radius 3 is 2.41 bits per heavy atom. The van der Waals surface area contributed by atoms with Gasteiger partial charge in [-0.15, -0.1) is 0 Å². The molecule has 0 atom stereocenters. The van der Waals surface area contributed by atoms with Crippen LogP contribution in [0.15, 0.2) is 30.3 Å². The molecule has 1 N–H and O–H groups in total. The molecular weight excluding hydrogens is 274 g/mol. The summed E-state index contributed by atoms with van der Waals surface area (Å²) in [7, 11) is 0. The molecule has 0 heterocycles. The molecule has 22 heavy (non-hydrogen) atoms. The standard InChI is InChI=1S/C19H29NO2/c1-3-5-6-7-8-9-10-11-12-17-13-15-18(16-14-17)19(21)20-22-4-2/h11-16H,3-10H2,1-2H3,(H,20,21). The summed E-state index contributed by atoms with van der Waals surface area (Å²) in [5.74, 6) is -0.204. The van der Waals surface area contributed by atoms with Crippen molar-refractivity contribution in [3.63, 3.8) is 0 Å². The third-order valence-electron chi connectivity index (χ3n) is 3.52. The first-order valence-electron chi connectivity index (χ1n) is 8.46. The summed E-state index contributed by atoms with van der Waals surface area (Å²) in [6.45, 7) is 4.54. The van der Waals surface area contributed by atoms with Gasteiger partial charge >= 0.3 is 0 Å². The molecule has 0 aromatic heterocycles. The predicted molar refractivity (Wildman–Crippen MR) is 92.6 cm³/mol. The zero-order chi connectivity index (χ0) is 16.0. The lowest BCUT2D eigenvalue weighted by Crippen LogP contribution is -2.23. The van der Waals surface area contributed by atoms with Gasteiger partial charge in [0.05, 0.1) is 6.61 Å². The van der Waals surface area contributed by atoms with E-state index < -0.39 is 0 Å². The van der Waals surface area contributed by atoms with Gasteiger partial charge < -0.3 is 0 Å². The Bertz CT molecular complexity index is 437. The first-order valence-corrected chi connectivity index (χ1v) is 8.46. The maximum absolute atomic E-state index is 11.7. The summed E-state index contributed by atoms with van der Waals surface area (Å²) in [6, 6.07) is 7.55. The lowest BCUT2D eigenvalue weighted by atomic mass is 10.1. The number of hydrogen-bond acceptors (Lipinski definition) is 2. The Balaban J connectivity index is 2.25. The van der Waals surface area contributed by atoms with Gasteiger partial charge in [-0.1, -0.05) is 63.3 Å². The third kappa shape index (κ3) is 7.99. The van der Waals surface area contributed by atoms with Crippen molar-refractivity contribution in [3.05, 3.63) is 41.5 Å². The molecule has 0 fully saturated rings. The first kappa shape index (κ1) is 18.4. The van der Waals surface area contributed by atoms with Gasteiger partial charge in [-0.3, -0.25) is 9.63 Å². The van der Waals surface area contributed by atoms with Gasteiger partial charge in [-0.2, -0.15) is 0 Å². The Morgan fingerprint density at radius 2 is 1.73 bits per heavy atom. The maximum Gasteiger partial charge on any atom is 0.274 e. The van der Waals surface area contributed by atoms with Crippen molar-refractivity contribution >= 4 is 12.0 Å². The van der Waals surface area contributed by atoms with Crippen LogP contribution in [0.2, 0.25) is 0 Å². The Hall–Kier alpha value is -1.61. The minimum absolute atomic E-state index is 0.204. The average Bonchev–Trinajstić information content (AvgIpc) is 2.55. The number of amides is 1. The zero-order valence-corrected chi connectivity index (χ0v) is 13.9. The number of hydroxylamine groups is 1. The SMILES string of the molecule is CCCCCCCCC=Cc1ccc(C(=O)NOCC)cc1. The molecule has 1 rings (SSSR count). The van der Waals surface area contributed by atoms with Crippen molar-refractivity contribution < 1.29 is 9.63 Å². The van der Waals surface area contributed by atoms with Crippen LogP contribution >= 0.6 is 0 Å². The number of nitrogens with one attached hydrogen (secondary N) is 1. The summed E-state index contributed by atoms with van der Waals surface area (Å²) < 4.78 is 0. The zero-order valence-electron chi connectivity index (χ0n) is 13.9. The molecule has 0 unspecified atom stereocenters. The van der Waals surface area contributed by atoms with Crippen molar-refractivity contribution in [2.75, 3.05) is 6.61 Å². The molecule has 0 aliphatic rings. The van der Waals surface area contributed by atoms with Crippen LogP contribution in [0.1, 0.15) is 74.7 Å². The molecule has 1 amide bonds. The predicted octanol–water partition coefficient (Wildman–Crippen LogP) is 5.13. The monoisotopic (exact) mass is 303 g/mol. The van der Waals surface area contributed by atoms with Crippen LogP contribution in [-0.2, 0) is 4.84 Å². The molecule has 122 valence electrons. The maximum atomic E-state index is 11.7. The lowest BCUT2D eigenvalue weighted by molar-refractivity contribution is 0.0364. The van der Waals surface area contributed by atoms with E-state index >= 15 is 0 Å². The smallest absolute Gasteiger partial charge is 0.274 e. The van der Waals surface area contributed by atoms with E-state index in [1.165, 1.54) is 38.5 Å². The molecule has 0 aliphatic carbocycles. The highest BCUT2D eigenvalue weighted by Gasteiger charge is 2.03. The van der Waals surface area contributed by atoms with Gasteiger partial charge in [-0.25, -0.2) is 5.48 Å². The molecule has 0 spiro atoms. The van der Waals surface area contributed by atoms with E-state index in [-0.39, 0.29) is 5.91 Å². The van der Waals surface area contributed by atoms with Crippen LogP contribution in [-0.4, -0.2) is 12.5 Å². The topological polar surface area (TPSA) is 38.3 Å². The summed E-state index contributed by atoms with van der Waals surface area (Å²) >= 11 is 0. The van der Waals surface area contributed by atoms with E-state index in [0.717, 1.165) is 12.0 Å². The number of carbonyl (C=O) groups excluding carboxylic acids is 1. The number of allylic oxidation sites excluding steroid dienone is 1. The molecule has 0 bridgehead atoms. The van der Waals surface area contributed by atoms with Crippen molar-refractivity contribution in [1.29, 1.82) is 0 Å². The van der Waals surface area contributed by atoms with Crippen molar-refractivity contribution in [2.45, 2.75) is 58.8 Å². The van der Waals surface area contributed by atoms with Crippen molar-refractivity contribution in [3.8, 4) is 0 Å². The summed E-state index contributed by atoms with van der Waals surface area (Å²) in [4.78, 5) is 16.6. The molecule has 1 aromatic carbocycles. The van der Waals surface area contributed by atoms with Crippen LogP contribution in [0.25, 0.3) is 6.08 Å². The molecule has 0 saturated heterocycles. The van der Waals surface area contributed by atoms with Gasteiger partial charge in [0.25, 0.3) is 5.91 Å². The van der Waals surface area contributed by atoms with Crippen LogP contribution < -0.4 is 5.48 Å². The van der Waals surface area contributed by atoms with Gasteiger partial charge in [0.2, 0.25) is 0 Å². The number of hydrogen-bond donors (Lipinski definition) is 1. The molecule has 0 aliphatic heterocycles. The second-order valence-corrected chi connectivity index (χ2v) is 5.45. The Kier molecular flexibility index (Phi) is 10.0. The van der Waals surface area contributed by atoms with Crippen molar-refractivity contribution in [2.24, 2.45) is 0 Å². The average molecular weight is 303 g/mol. The third-order valence-corrected chi connectivity index (χ3v) is 3.52. The number of benzene rings is 1. The minimum atomic E-state index is -0.204. The highest BCUT2D eigenvalue weighted by molar-refractivity contribution is 5.93. The summed E-state index contributed by atoms with van der Waals surface area (Å²) in [5.41, 5.74) is 4.13. The number of carbonyl (C=O) groups is 1. The number of unbranched alkanes of at least 4 members (excludes halogenated alkanes) is 6. The first-order chi connectivity index (χ1) is 10.8. The number of rotatable bonds is 11. The molecule has 1 aromatic rings. The normalized spacial score (nSPS) is 11.0. The van der Waals surface area contributed by atoms with Gasteiger partial charge in [0, 0.05) is 5.56 Å². The van der Waals surface area contributed by atoms with E-state index in [0.29, 0.717) is 12.2 Å². The fourth-order valence-electron chi connectivity index (χ4n) is 2.20. The largest absolute Gasteiger partial charge is 0.274 e. The summed E-state index contributed by atoms with van der Waals surface area (Å²) in [6.07, 6.45) is 13.4. The fraction of sp³-hybridized carbons (Fsp3) is 0.526. The van der Waals surface area contributed by atoms with E-state index in [4.69, 9.17) is 4.84 Å². The van der Waals surface area contributed by atoms with Crippen molar-refractivity contribution in [1.82, 2.24) is 5.48 Å². The van der Waals surface area contributed by atoms with Crippen LogP contribution in [0, 0.1) is 0 Å². The van der Waals surface area contributed by atoms with Gasteiger partial charge in [-0.05, 0) is 37.5 Å². The molecule has 0 saturated carbocycles. The van der Waals surface area contributed by atoms with E-state index in [1.807, 2.05) is 31.2 Å². The highest BCUT2D eigenvalue weighted by Crippen LogP contribution is 2.10. The van der Waals surface area contributed by atoms with Gasteiger partial charge in [0.1, 0.15) is 0 Å². The molecule has 3 nitrogen and oxygen atoms in total. The van der Waals surface area contributed by atoms with Crippen LogP contribution in [0.5, 0.6) is 0 Å². The molecule has 0 radical (unpaired) electrons. The fourth-order valence-corrected chi connectivity index (χ4v) is 2.20. The Labute approximate surface area is 134 Å². The molecular formula is C19H29NO2. The second kappa shape index (κ2) is 12.0. The second-order valence-electron chi connectivity index (χ2n) is 5.45. The van der Waals surface area contributed by atoms with E-state index in [2.05, 4.69) is 24.6 Å². The molecule has 3 heteroatoms. The van der Waals surface area contributed by atoms with Gasteiger partial charge in [0.15, 0.2) is 0 Å². The lowest BCUT2D eigenvalue weighted by Gasteiger charge is -2.03. The quantitative estimate of drug-likeness (QED) is 0.454. The van der Waals surface area contributed by atoms with Crippen LogP contribution in [0.3, 0.4) is 0 Å². The minimum Gasteiger partial charge on any atom is -0.274 e. The van der Waals surface area contributed by atoms with E-state index in [9.17, 15) is 4.79 Å². The summed E-state index contributed by atoms with van der Waals surface area (Å²) in [5, 5.41) is 0. The van der Waals surface area contributed by atoms with Crippen LogP contribution in [0.4, 0.5) is 0 Å². The highest BCUT2D eigenvalue weighted by atomic mass is 16.6.